The van der Waals surface area contributed by atoms with E-state index >= 15 is 4.79 Å². The zero-order valence-electron chi connectivity index (χ0n) is 36.1. The number of aromatic hydroxyl groups is 12. The number of fused-ring (bicyclic) bond motifs is 8. The first-order valence-corrected chi connectivity index (χ1v) is 20.9. The molecule has 0 spiro atoms. The van der Waals surface area contributed by atoms with Crippen molar-refractivity contribution in [2.24, 2.45) is 0 Å². The molecule has 6 aromatic rings. The van der Waals surface area contributed by atoms with Gasteiger partial charge in [0.15, 0.2) is 69.7 Å². The summed E-state index contributed by atoms with van der Waals surface area (Å²) in [5.74, 6) is -27.0. The minimum atomic E-state index is -2.52. The molecule has 26 nitrogen and oxygen atoms in total. The van der Waals surface area contributed by atoms with E-state index in [4.69, 9.17) is 28.4 Å². The van der Waals surface area contributed by atoms with Crippen molar-refractivity contribution >= 4 is 52.7 Å². The van der Waals surface area contributed by atoms with Crippen molar-refractivity contribution in [2.45, 2.75) is 36.6 Å². The Balaban J connectivity index is 1.22. The lowest BCUT2D eigenvalue weighted by Crippen LogP contribution is -2.63. The Hall–Kier alpha value is -10.2. The van der Waals surface area contributed by atoms with Crippen LogP contribution < -0.4 is 0 Å². The first kappa shape index (κ1) is 46.5. The van der Waals surface area contributed by atoms with Crippen LogP contribution in [0.3, 0.4) is 0 Å². The molecule has 0 radical (unpaired) electrons. The van der Waals surface area contributed by atoms with Crippen LogP contribution in [0.1, 0.15) is 69.1 Å². The third-order valence-electron chi connectivity index (χ3n) is 12.2. The van der Waals surface area contributed by atoms with Crippen molar-refractivity contribution in [1.82, 2.24) is 9.97 Å². The summed E-state index contributed by atoms with van der Waals surface area (Å²) in [6, 6.07) is 8.70. The van der Waals surface area contributed by atoms with E-state index in [-0.39, 0.29) is 16.7 Å². The molecular formula is C47H30N2O24. The molecule has 6 unspecified atom stereocenters. The molecule has 73 heavy (non-hydrogen) atoms. The fourth-order valence-corrected chi connectivity index (χ4v) is 8.71. The van der Waals surface area contributed by atoms with Gasteiger partial charge < -0.3 is 89.7 Å². The summed E-state index contributed by atoms with van der Waals surface area (Å²) in [5, 5.41) is 128. The highest BCUT2D eigenvalue weighted by atomic mass is 16.7. The number of ether oxygens (including phenoxy) is 6. The Bertz CT molecular complexity index is 3530. The Morgan fingerprint density at radius 2 is 1.05 bits per heavy atom. The van der Waals surface area contributed by atoms with Crippen LogP contribution in [0.25, 0.3) is 28.2 Å². The maximum atomic E-state index is 15.0. The molecule has 1 saturated heterocycles. The molecule has 1 fully saturated rings. The highest BCUT2D eigenvalue weighted by Crippen LogP contribution is 2.54. The fourth-order valence-electron chi connectivity index (χ4n) is 8.71. The molecule has 1 aliphatic carbocycles. The molecule has 1 aromatic heterocycles. The number of benzene rings is 5. The van der Waals surface area contributed by atoms with Crippen molar-refractivity contribution in [1.29, 1.82) is 0 Å². The van der Waals surface area contributed by atoms with Crippen LogP contribution >= 0.6 is 0 Å². The van der Waals surface area contributed by atoms with Crippen LogP contribution in [-0.4, -0.2) is 144 Å². The number of nitrogens with zero attached hydrogens (tertiary/aromatic N) is 2. The zero-order chi connectivity index (χ0) is 52.2. The lowest BCUT2D eigenvalue weighted by molar-refractivity contribution is -0.287. The Morgan fingerprint density at radius 3 is 1.67 bits per heavy atom. The topological polar surface area (TPSA) is 426 Å². The Labute approximate surface area is 403 Å². The molecular weight excluding hydrogens is 977 g/mol. The predicted molar refractivity (Wildman–Crippen MR) is 232 cm³/mol. The molecule has 0 saturated carbocycles. The van der Waals surface area contributed by atoms with E-state index in [0.29, 0.717) is 30.3 Å². The van der Waals surface area contributed by atoms with Crippen molar-refractivity contribution in [3.8, 4) is 80.1 Å². The van der Waals surface area contributed by atoms with Crippen molar-refractivity contribution in [3.63, 3.8) is 0 Å². The number of aromatic nitrogens is 2. The van der Waals surface area contributed by atoms with Gasteiger partial charge in [-0.2, -0.15) is 0 Å². The number of carbonyl (C=O) groups is 6. The van der Waals surface area contributed by atoms with Crippen LogP contribution in [0.15, 0.2) is 60.2 Å². The summed E-state index contributed by atoms with van der Waals surface area (Å²) in [5.41, 5.74) is -8.16. The third-order valence-corrected chi connectivity index (χ3v) is 12.2. The van der Waals surface area contributed by atoms with Gasteiger partial charge in [0.05, 0.1) is 50.5 Å². The number of phenolic OH excluding ortho intramolecular Hbond substituents is 12. The number of carbonyl (C=O) groups excluding carboxylic acids is 6. The van der Waals surface area contributed by atoms with Crippen LogP contribution in [-0.2, 0) is 33.2 Å². The molecule has 26 heteroatoms. The van der Waals surface area contributed by atoms with Gasteiger partial charge in [-0.25, -0.2) is 33.9 Å². The second-order valence-corrected chi connectivity index (χ2v) is 16.4. The van der Waals surface area contributed by atoms with Crippen molar-refractivity contribution < 1.29 is 118 Å². The summed E-state index contributed by atoms with van der Waals surface area (Å²) < 4.78 is 34.7. The summed E-state index contributed by atoms with van der Waals surface area (Å²) in [6.45, 7) is -1.26. The molecule has 6 atom stereocenters. The average Bonchev–Trinajstić information content (AvgIpc) is 3.36. The van der Waals surface area contributed by atoms with E-state index < -0.39 is 198 Å². The Morgan fingerprint density at radius 1 is 0.548 bits per heavy atom. The number of hydrogen-bond donors (Lipinski definition) is 12. The number of Topliss-reactive ketones (excluding diaryl/α,β-unsaturated/α-hetero) is 1. The maximum Gasteiger partial charge on any atom is 0.340 e. The molecule has 0 amide bonds. The van der Waals surface area contributed by atoms with Crippen LogP contribution in [0.5, 0.6) is 69.0 Å². The number of rotatable bonds is 2. The largest absolute Gasteiger partial charge is 0.504 e. The van der Waals surface area contributed by atoms with E-state index in [1.807, 2.05) is 0 Å². The molecule has 5 aromatic carbocycles. The van der Waals surface area contributed by atoms with Crippen LogP contribution in [0.2, 0.25) is 0 Å². The van der Waals surface area contributed by atoms with Crippen LogP contribution in [0.4, 0.5) is 0 Å². The first-order chi connectivity index (χ1) is 34.6. The number of cyclic esters (lactones) is 1. The maximum absolute atomic E-state index is 15.0. The first-order valence-electron chi connectivity index (χ1n) is 20.9. The van der Waals surface area contributed by atoms with Gasteiger partial charge in [-0.1, -0.05) is 12.1 Å². The van der Waals surface area contributed by atoms with Crippen molar-refractivity contribution in [2.75, 3.05) is 6.61 Å². The standard InChI is InChI=1S/C47H30N2O24/c50-20-5-12(6-21(51)31(20)55)42(63)73-47-41-40-39(25(69-47)11-68-43(64)14-8-22(52)32(56)36(60)27(14)29-16(46(67)71-40)10-24(54)34(58)38(29)62)70-45(66)15-9-23(53)33(57)37(61)28(15)26-13(44(65)72-41)7-19-30(35(26)59)49-18-4-2-1-3-17(18)48-19/h1-10,25-26,39-41,47,50-58,60-62H,11H2. The van der Waals surface area contributed by atoms with Gasteiger partial charge in [-0.15, -0.1) is 0 Å². The summed E-state index contributed by atoms with van der Waals surface area (Å²) in [4.78, 5) is 96.2. The van der Waals surface area contributed by atoms with E-state index in [1.165, 1.54) is 12.1 Å². The minimum absolute atomic E-state index is 0.152. The summed E-state index contributed by atoms with van der Waals surface area (Å²) in [6.07, 6.45) is -11.1. The Kier molecular flexibility index (Phi) is 10.7. The zero-order valence-corrected chi connectivity index (χ0v) is 36.1. The lowest BCUT2D eigenvalue weighted by Gasteiger charge is -2.44. The van der Waals surface area contributed by atoms with Gasteiger partial charge in [0.1, 0.15) is 18.4 Å². The normalized spacial score (nSPS) is 21.3. The highest BCUT2D eigenvalue weighted by molar-refractivity contribution is 6.16. The number of phenols is 12. The SMILES string of the molecule is O=C1OC2C(OC(=O)c3cc(O)c(O)c(O)c3)OC3COC(=O)c4cc(O)c(O)c(O)c4-c4c(cc(O)c(O)c4O)C(=O)OC2C3OC(=O)c2cc(O)c(O)c(O)c2C2C(=O)c3nc4ccccc4nc3C=C12. The molecule has 4 bridgehead atoms. The lowest BCUT2D eigenvalue weighted by atomic mass is 9.78. The molecule has 4 heterocycles. The van der Waals surface area contributed by atoms with Gasteiger partial charge in [0.25, 0.3) is 0 Å². The fraction of sp³-hybridized carbons (Fsp3) is 0.149. The third kappa shape index (κ3) is 7.31. The van der Waals surface area contributed by atoms with E-state index in [2.05, 4.69) is 9.97 Å². The second-order valence-electron chi connectivity index (χ2n) is 16.4. The molecule has 3 aliphatic heterocycles. The highest BCUT2D eigenvalue weighted by Gasteiger charge is 2.57. The minimum Gasteiger partial charge on any atom is -0.504 e. The van der Waals surface area contributed by atoms with E-state index in [1.54, 1.807) is 12.1 Å². The number of ketones is 1. The van der Waals surface area contributed by atoms with Gasteiger partial charge in [-0.05, 0) is 48.5 Å². The molecule has 10 rings (SSSR count). The molecule has 4 aliphatic rings. The smallest absolute Gasteiger partial charge is 0.340 e. The number of hydrogen-bond acceptors (Lipinski definition) is 26. The quantitative estimate of drug-likeness (QED) is 0.0673. The van der Waals surface area contributed by atoms with Gasteiger partial charge in [-0.3, -0.25) is 4.79 Å². The van der Waals surface area contributed by atoms with Crippen LogP contribution in [0, 0.1) is 0 Å². The number of para-hydroxylation sites is 2. The molecule has 12 N–H and O–H groups in total. The van der Waals surface area contributed by atoms with E-state index in [9.17, 15) is 85.3 Å². The monoisotopic (exact) mass is 1010 g/mol. The number of esters is 5. The van der Waals surface area contributed by atoms with Crippen molar-refractivity contribution in [3.05, 3.63) is 99.4 Å². The summed E-state index contributed by atoms with van der Waals surface area (Å²) >= 11 is 0. The van der Waals surface area contributed by atoms with Gasteiger partial charge >= 0.3 is 29.8 Å². The van der Waals surface area contributed by atoms with E-state index in [0.717, 1.165) is 6.08 Å². The van der Waals surface area contributed by atoms with Gasteiger partial charge in [0.2, 0.25) is 29.6 Å². The second kappa shape index (κ2) is 16.7. The summed E-state index contributed by atoms with van der Waals surface area (Å²) in [7, 11) is 0. The average molecular weight is 1010 g/mol. The van der Waals surface area contributed by atoms with Gasteiger partial charge in [0, 0.05) is 16.7 Å². The molecule has 372 valence electrons. The predicted octanol–water partition coefficient (Wildman–Crippen LogP) is 2.56.